The van der Waals surface area contributed by atoms with E-state index in [2.05, 4.69) is 4.98 Å². The van der Waals surface area contributed by atoms with Crippen molar-refractivity contribution in [2.45, 2.75) is 4.90 Å². The molecule has 3 aromatic rings. The van der Waals surface area contributed by atoms with Gasteiger partial charge in [0.25, 0.3) is 10.0 Å². The third-order valence-corrected chi connectivity index (χ3v) is 4.03. The van der Waals surface area contributed by atoms with Crippen LogP contribution in [-0.4, -0.2) is 13.4 Å². The summed E-state index contributed by atoms with van der Waals surface area (Å²) < 4.78 is 23.4. The first-order valence-electron chi connectivity index (χ1n) is 5.98. The maximum absolute atomic E-state index is 11.7. The van der Waals surface area contributed by atoms with Crippen molar-refractivity contribution < 1.29 is 8.42 Å². The van der Waals surface area contributed by atoms with Crippen LogP contribution in [0.15, 0.2) is 65.8 Å². The lowest BCUT2D eigenvalue weighted by Crippen LogP contribution is -2.02. The summed E-state index contributed by atoms with van der Waals surface area (Å²) >= 11 is 0. The highest BCUT2D eigenvalue weighted by Crippen LogP contribution is 2.29. The Morgan fingerprint density at radius 1 is 0.950 bits per heavy atom. The fraction of sp³-hybridized carbons (Fsp3) is 0. The lowest BCUT2D eigenvalue weighted by Gasteiger charge is -2.08. The Balaban J connectivity index is 2.37. The van der Waals surface area contributed by atoms with Crippen LogP contribution in [-0.2, 0) is 10.0 Å². The molecule has 0 fully saturated rings. The van der Waals surface area contributed by atoms with E-state index in [-0.39, 0.29) is 4.90 Å². The summed E-state index contributed by atoms with van der Waals surface area (Å²) in [6.07, 6.45) is 3.13. The van der Waals surface area contributed by atoms with Gasteiger partial charge in [-0.3, -0.25) is 4.98 Å². The van der Waals surface area contributed by atoms with Crippen molar-refractivity contribution in [2.24, 2.45) is 0 Å². The molecular weight excluding hydrogens is 272 g/mol. The summed E-state index contributed by atoms with van der Waals surface area (Å²) in [7, 11) is -4.04. The van der Waals surface area contributed by atoms with Gasteiger partial charge in [0.2, 0.25) is 0 Å². The van der Waals surface area contributed by atoms with Gasteiger partial charge in [-0.15, -0.1) is 5.14 Å². The van der Waals surface area contributed by atoms with E-state index in [1.807, 2.05) is 36.4 Å². The van der Waals surface area contributed by atoms with Gasteiger partial charge in [0.1, 0.15) is 0 Å². The molecule has 0 amide bonds. The largest absolute Gasteiger partial charge is 0.264 e. The van der Waals surface area contributed by atoms with Gasteiger partial charge in [-0.1, -0.05) is 30.3 Å². The Labute approximate surface area is 116 Å². The smallest absolute Gasteiger partial charge is 0.254 e. The van der Waals surface area contributed by atoms with Crippen LogP contribution in [0.2, 0.25) is 0 Å². The number of sulfonamides is 1. The first-order chi connectivity index (χ1) is 9.55. The Bertz CT molecular complexity index is 875. The Kier molecular flexibility index (Phi) is 3.00. The van der Waals surface area contributed by atoms with Gasteiger partial charge in [-0.2, -0.15) is 0 Å². The van der Waals surface area contributed by atoms with E-state index in [1.54, 1.807) is 18.3 Å². The first kappa shape index (κ1) is 12.8. The van der Waals surface area contributed by atoms with Gasteiger partial charge in [0, 0.05) is 23.2 Å². The average molecular weight is 283 g/mol. The van der Waals surface area contributed by atoms with Gasteiger partial charge in [-0.05, 0) is 29.3 Å². The molecule has 3 rings (SSSR count). The van der Waals surface area contributed by atoms with Crippen molar-refractivity contribution in [1.82, 2.24) is 10.1 Å². The van der Waals surface area contributed by atoms with Crippen LogP contribution in [0.3, 0.4) is 0 Å². The van der Waals surface area contributed by atoms with Crippen molar-refractivity contribution in [3.05, 3.63) is 60.9 Å². The molecule has 0 unspecified atom stereocenters. The Morgan fingerprint density at radius 2 is 1.70 bits per heavy atom. The summed E-state index contributed by atoms with van der Waals surface area (Å²) in [6.45, 7) is 0. The van der Waals surface area contributed by atoms with Crippen molar-refractivity contribution in [1.29, 1.82) is 0 Å². The molecule has 5 heteroatoms. The summed E-state index contributed by atoms with van der Waals surface area (Å²) in [4.78, 5) is 4.03. The molecule has 1 N–H and O–H groups in total. The SMILES string of the molecule is [NH]S(=O)(=O)c1cc(-c2ccccc2)cc2cnccc12. The molecule has 1 aromatic heterocycles. The van der Waals surface area contributed by atoms with E-state index < -0.39 is 10.0 Å². The van der Waals surface area contributed by atoms with Crippen molar-refractivity contribution in [3.8, 4) is 11.1 Å². The summed E-state index contributed by atoms with van der Waals surface area (Å²) in [5, 5.41) is 8.60. The highest BCUT2D eigenvalue weighted by Gasteiger charge is 2.15. The molecule has 0 aliphatic heterocycles. The second-order valence-corrected chi connectivity index (χ2v) is 5.89. The highest BCUT2D eigenvalue weighted by atomic mass is 32.2. The number of fused-ring (bicyclic) bond motifs is 1. The maximum Gasteiger partial charge on any atom is 0.254 e. The molecule has 0 saturated heterocycles. The molecular formula is C15H11N2O2S. The molecule has 0 saturated carbocycles. The number of hydrogen-bond donors (Lipinski definition) is 0. The third kappa shape index (κ3) is 2.29. The topological polar surface area (TPSA) is 70.8 Å². The Morgan fingerprint density at radius 3 is 2.40 bits per heavy atom. The molecule has 20 heavy (non-hydrogen) atoms. The number of nitrogens with zero attached hydrogens (tertiary/aromatic N) is 1. The summed E-state index contributed by atoms with van der Waals surface area (Å²) in [5.41, 5.74) is 1.67. The number of nitrogens with one attached hydrogen (secondary N) is 1. The lowest BCUT2D eigenvalue weighted by atomic mass is 10.0. The molecule has 0 aliphatic rings. The Hall–Kier alpha value is -2.24. The van der Waals surface area contributed by atoms with Crippen LogP contribution < -0.4 is 5.14 Å². The number of pyridine rings is 1. The molecule has 1 radical (unpaired) electrons. The van der Waals surface area contributed by atoms with Gasteiger partial charge >= 0.3 is 0 Å². The van der Waals surface area contributed by atoms with E-state index in [9.17, 15) is 8.42 Å². The quantitative estimate of drug-likeness (QED) is 0.726. The van der Waals surface area contributed by atoms with Crippen LogP contribution >= 0.6 is 0 Å². The van der Waals surface area contributed by atoms with E-state index in [1.165, 1.54) is 6.20 Å². The molecule has 0 atom stereocenters. The van der Waals surface area contributed by atoms with Crippen LogP contribution in [0.4, 0.5) is 0 Å². The molecule has 0 aliphatic carbocycles. The number of rotatable bonds is 2. The van der Waals surface area contributed by atoms with Crippen LogP contribution in [0, 0.1) is 0 Å². The molecule has 1 heterocycles. The predicted molar refractivity (Wildman–Crippen MR) is 77.5 cm³/mol. The summed E-state index contributed by atoms with van der Waals surface area (Å²) in [5.74, 6) is 0. The minimum Gasteiger partial charge on any atom is -0.264 e. The summed E-state index contributed by atoms with van der Waals surface area (Å²) in [6, 6.07) is 14.5. The minimum absolute atomic E-state index is 0.0104. The van der Waals surface area contributed by atoms with E-state index in [0.29, 0.717) is 10.8 Å². The van der Waals surface area contributed by atoms with Crippen molar-refractivity contribution in [2.75, 3.05) is 0 Å². The van der Waals surface area contributed by atoms with Crippen LogP contribution in [0.25, 0.3) is 21.9 Å². The zero-order valence-corrected chi connectivity index (χ0v) is 11.3. The molecule has 0 bridgehead atoms. The van der Waals surface area contributed by atoms with Crippen molar-refractivity contribution in [3.63, 3.8) is 0 Å². The van der Waals surface area contributed by atoms with Gasteiger partial charge in [-0.25, -0.2) is 8.42 Å². The standard InChI is InChI=1S/C15H11N2O2S/c16-20(18,19)15-9-12(11-4-2-1-3-5-11)8-13-10-17-7-6-14(13)15/h1-10,16H. The second kappa shape index (κ2) is 4.70. The monoisotopic (exact) mass is 283 g/mol. The molecule has 4 nitrogen and oxygen atoms in total. The van der Waals surface area contributed by atoms with E-state index in [4.69, 9.17) is 5.14 Å². The lowest BCUT2D eigenvalue weighted by molar-refractivity contribution is 0.597. The minimum atomic E-state index is -4.04. The van der Waals surface area contributed by atoms with Gasteiger partial charge in [0.05, 0.1) is 4.90 Å². The van der Waals surface area contributed by atoms with E-state index in [0.717, 1.165) is 11.1 Å². The van der Waals surface area contributed by atoms with Gasteiger partial charge < -0.3 is 0 Å². The predicted octanol–water partition coefficient (Wildman–Crippen LogP) is 2.87. The average Bonchev–Trinajstić information content (AvgIpc) is 2.46. The second-order valence-electron chi connectivity index (χ2n) is 4.44. The zero-order chi connectivity index (χ0) is 14.2. The fourth-order valence-corrected chi connectivity index (χ4v) is 2.95. The van der Waals surface area contributed by atoms with Crippen LogP contribution in [0.1, 0.15) is 0 Å². The highest BCUT2D eigenvalue weighted by molar-refractivity contribution is 7.89. The number of aromatic nitrogens is 1. The van der Waals surface area contributed by atoms with E-state index >= 15 is 0 Å². The van der Waals surface area contributed by atoms with Crippen molar-refractivity contribution >= 4 is 20.8 Å². The molecule has 99 valence electrons. The number of benzene rings is 2. The zero-order valence-electron chi connectivity index (χ0n) is 10.4. The first-order valence-corrected chi connectivity index (χ1v) is 7.47. The van der Waals surface area contributed by atoms with Crippen LogP contribution in [0.5, 0.6) is 0 Å². The fourth-order valence-electron chi connectivity index (χ4n) is 2.19. The third-order valence-electron chi connectivity index (χ3n) is 3.11. The molecule has 0 spiro atoms. The number of hydrogen-bond acceptors (Lipinski definition) is 3. The normalized spacial score (nSPS) is 11.7. The maximum atomic E-state index is 11.7. The molecule has 2 aromatic carbocycles. The van der Waals surface area contributed by atoms with Gasteiger partial charge in [0.15, 0.2) is 0 Å².